The van der Waals surface area contributed by atoms with Crippen LogP contribution in [0.5, 0.6) is 0 Å². The third-order valence-electron chi connectivity index (χ3n) is 2.94. The minimum Gasteiger partial charge on any atom is -0.480 e. The second-order valence-corrected chi connectivity index (χ2v) is 3.91. The van der Waals surface area contributed by atoms with Crippen molar-refractivity contribution in [2.24, 2.45) is 5.73 Å². The summed E-state index contributed by atoms with van der Waals surface area (Å²) in [5.41, 5.74) is 5.27. The van der Waals surface area contributed by atoms with Crippen molar-refractivity contribution in [3.63, 3.8) is 0 Å². The van der Waals surface area contributed by atoms with Gasteiger partial charge in [0.2, 0.25) is 5.91 Å². The molecule has 15 heavy (non-hydrogen) atoms. The topological polar surface area (TPSA) is 83.6 Å². The van der Waals surface area contributed by atoms with E-state index >= 15 is 0 Å². The average molecular weight is 214 g/mol. The molecule has 0 saturated carbocycles. The molecular weight excluding hydrogens is 196 g/mol. The van der Waals surface area contributed by atoms with Crippen LogP contribution in [0.15, 0.2) is 0 Å². The standard InChI is InChI=1S/C10H18N2O3/c1-2-7(9(11)13)12-6-4-3-5-8(12)10(14)15/h7-8H,2-6H2,1H3,(H2,11,13)(H,14,15). The van der Waals surface area contributed by atoms with E-state index in [9.17, 15) is 9.59 Å². The van der Waals surface area contributed by atoms with Gasteiger partial charge in [-0.25, -0.2) is 0 Å². The SMILES string of the molecule is CCC(C(N)=O)N1CCCCC1C(=O)O. The number of hydrogen-bond acceptors (Lipinski definition) is 3. The number of piperidine rings is 1. The molecule has 0 bridgehead atoms. The number of carbonyl (C=O) groups excluding carboxylic acids is 1. The molecular formula is C10H18N2O3. The summed E-state index contributed by atoms with van der Waals surface area (Å²) >= 11 is 0. The molecule has 1 aliphatic heterocycles. The van der Waals surface area contributed by atoms with E-state index in [1.165, 1.54) is 0 Å². The fraction of sp³-hybridized carbons (Fsp3) is 0.800. The van der Waals surface area contributed by atoms with E-state index in [0.29, 0.717) is 19.4 Å². The van der Waals surface area contributed by atoms with Crippen LogP contribution >= 0.6 is 0 Å². The summed E-state index contributed by atoms with van der Waals surface area (Å²) in [5.74, 6) is -1.28. The van der Waals surface area contributed by atoms with E-state index in [1.807, 2.05) is 6.92 Å². The summed E-state index contributed by atoms with van der Waals surface area (Å²) in [5, 5.41) is 9.04. The maximum atomic E-state index is 11.2. The van der Waals surface area contributed by atoms with Crippen molar-refractivity contribution in [1.29, 1.82) is 0 Å². The van der Waals surface area contributed by atoms with Crippen molar-refractivity contribution < 1.29 is 14.7 Å². The van der Waals surface area contributed by atoms with Crippen LogP contribution in [0.25, 0.3) is 0 Å². The van der Waals surface area contributed by atoms with Gasteiger partial charge in [-0.2, -0.15) is 0 Å². The first kappa shape index (κ1) is 12.0. The molecule has 5 nitrogen and oxygen atoms in total. The van der Waals surface area contributed by atoms with Crippen molar-refractivity contribution in [1.82, 2.24) is 4.90 Å². The maximum absolute atomic E-state index is 11.2. The quantitative estimate of drug-likeness (QED) is 0.699. The molecule has 0 spiro atoms. The van der Waals surface area contributed by atoms with E-state index < -0.39 is 24.0 Å². The van der Waals surface area contributed by atoms with Gasteiger partial charge in [-0.3, -0.25) is 14.5 Å². The minimum atomic E-state index is -0.852. The lowest BCUT2D eigenvalue weighted by atomic mass is 9.98. The third-order valence-corrected chi connectivity index (χ3v) is 2.94. The Morgan fingerprint density at radius 3 is 2.67 bits per heavy atom. The molecule has 0 radical (unpaired) electrons. The Hall–Kier alpha value is -1.10. The summed E-state index contributed by atoms with van der Waals surface area (Å²) in [4.78, 5) is 23.9. The Bertz CT molecular complexity index is 239. The number of primary amides is 1. The molecule has 2 atom stereocenters. The van der Waals surface area contributed by atoms with Gasteiger partial charge in [-0.1, -0.05) is 13.3 Å². The lowest BCUT2D eigenvalue weighted by Crippen LogP contribution is -2.54. The van der Waals surface area contributed by atoms with Crippen molar-refractivity contribution in [3.8, 4) is 0 Å². The zero-order valence-corrected chi connectivity index (χ0v) is 8.98. The van der Waals surface area contributed by atoms with Gasteiger partial charge in [-0.15, -0.1) is 0 Å². The first-order valence-corrected chi connectivity index (χ1v) is 5.35. The number of nitrogens with two attached hydrogens (primary N) is 1. The van der Waals surface area contributed by atoms with Gasteiger partial charge in [0.1, 0.15) is 6.04 Å². The highest BCUT2D eigenvalue weighted by Crippen LogP contribution is 2.21. The summed E-state index contributed by atoms with van der Waals surface area (Å²) in [7, 11) is 0. The number of nitrogens with zero attached hydrogens (tertiary/aromatic N) is 1. The molecule has 0 aromatic heterocycles. The molecule has 2 unspecified atom stereocenters. The number of hydrogen-bond donors (Lipinski definition) is 2. The zero-order chi connectivity index (χ0) is 11.4. The number of carboxylic acids is 1. The molecule has 3 N–H and O–H groups in total. The Morgan fingerprint density at radius 2 is 2.20 bits per heavy atom. The third kappa shape index (κ3) is 2.68. The molecule has 5 heteroatoms. The Labute approximate surface area is 89.2 Å². The molecule has 1 rings (SSSR count). The van der Waals surface area contributed by atoms with Crippen LogP contribution < -0.4 is 5.73 Å². The zero-order valence-electron chi connectivity index (χ0n) is 8.98. The van der Waals surface area contributed by atoms with E-state index in [-0.39, 0.29) is 0 Å². The van der Waals surface area contributed by atoms with Gasteiger partial charge in [0.15, 0.2) is 0 Å². The van der Waals surface area contributed by atoms with Gasteiger partial charge in [-0.05, 0) is 25.8 Å². The highest BCUT2D eigenvalue weighted by molar-refractivity contribution is 5.81. The van der Waals surface area contributed by atoms with Crippen LogP contribution in [-0.4, -0.2) is 40.5 Å². The second kappa shape index (κ2) is 5.11. The van der Waals surface area contributed by atoms with Gasteiger partial charge < -0.3 is 10.8 Å². The number of aliphatic carboxylic acids is 1. The normalized spacial score (nSPS) is 24.7. The van der Waals surface area contributed by atoms with Gasteiger partial charge in [0, 0.05) is 0 Å². The van der Waals surface area contributed by atoms with E-state index in [2.05, 4.69) is 0 Å². The number of rotatable bonds is 4. The van der Waals surface area contributed by atoms with Crippen LogP contribution in [0, 0.1) is 0 Å². The highest BCUT2D eigenvalue weighted by Gasteiger charge is 2.34. The van der Waals surface area contributed by atoms with Crippen LogP contribution in [-0.2, 0) is 9.59 Å². The van der Waals surface area contributed by atoms with Crippen molar-refractivity contribution >= 4 is 11.9 Å². The van der Waals surface area contributed by atoms with E-state index in [1.54, 1.807) is 4.90 Å². The lowest BCUT2D eigenvalue weighted by molar-refractivity contribution is -0.147. The average Bonchev–Trinajstić information content (AvgIpc) is 2.18. The molecule has 1 heterocycles. The predicted octanol–water partition coefficient (Wildman–Crippen LogP) is 0.189. The van der Waals surface area contributed by atoms with Crippen molar-refractivity contribution in [2.45, 2.75) is 44.7 Å². The van der Waals surface area contributed by atoms with Crippen molar-refractivity contribution in [3.05, 3.63) is 0 Å². The minimum absolute atomic E-state index is 0.425. The monoisotopic (exact) mass is 214 g/mol. The second-order valence-electron chi connectivity index (χ2n) is 3.91. The summed E-state index contributed by atoms with van der Waals surface area (Å²) < 4.78 is 0. The Balaban J connectivity index is 2.78. The van der Waals surface area contributed by atoms with Crippen LogP contribution in [0.4, 0.5) is 0 Å². The molecule has 1 fully saturated rings. The molecule has 0 aromatic rings. The van der Waals surface area contributed by atoms with Crippen LogP contribution in [0.3, 0.4) is 0 Å². The number of amides is 1. The van der Waals surface area contributed by atoms with Gasteiger partial charge in [0.25, 0.3) is 0 Å². The summed E-state index contributed by atoms with van der Waals surface area (Å²) in [6, 6.07) is -0.984. The molecule has 86 valence electrons. The predicted molar refractivity (Wildman–Crippen MR) is 55.3 cm³/mol. The highest BCUT2D eigenvalue weighted by atomic mass is 16.4. The molecule has 1 saturated heterocycles. The fourth-order valence-electron chi connectivity index (χ4n) is 2.19. The molecule has 1 amide bonds. The smallest absolute Gasteiger partial charge is 0.320 e. The summed E-state index contributed by atoms with van der Waals surface area (Å²) in [6.45, 7) is 2.50. The number of carboxylic acid groups (broad SMARTS) is 1. The largest absolute Gasteiger partial charge is 0.480 e. The van der Waals surface area contributed by atoms with Crippen LogP contribution in [0.1, 0.15) is 32.6 Å². The van der Waals surface area contributed by atoms with E-state index in [4.69, 9.17) is 10.8 Å². The lowest BCUT2D eigenvalue weighted by Gasteiger charge is -2.37. The molecule has 1 aliphatic rings. The van der Waals surface area contributed by atoms with Crippen LogP contribution in [0.2, 0.25) is 0 Å². The first-order valence-electron chi connectivity index (χ1n) is 5.35. The Kier molecular flexibility index (Phi) is 4.08. The maximum Gasteiger partial charge on any atom is 0.320 e. The molecule has 0 aromatic carbocycles. The number of carbonyl (C=O) groups is 2. The molecule has 0 aliphatic carbocycles. The summed E-state index contributed by atoms with van der Waals surface area (Å²) in [6.07, 6.45) is 3.02. The van der Waals surface area contributed by atoms with Gasteiger partial charge >= 0.3 is 5.97 Å². The first-order chi connectivity index (χ1) is 7.07. The fourth-order valence-corrected chi connectivity index (χ4v) is 2.19. The number of likely N-dealkylation sites (tertiary alicyclic amines) is 1. The van der Waals surface area contributed by atoms with Gasteiger partial charge in [0.05, 0.1) is 6.04 Å². The van der Waals surface area contributed by atoms with E-state index in [0.717, 1.165) is 12.8 Å². The van der Waals surface area contributed by atoms with Crippen molar-refractivity contribution in [2.75, 3.05) is 6.54 Å². The Morgan fingerprint density at radius 1 is 1.53 bits per heavy atom.